The Morgan fingerprint density at radius 2 is 1.54 bits per heavy atom. The van der Waals surface area contributed by atoms with E-state index in [4.69, 9.17) is 0 Å². The number of benzene rings is 2. The Morgan fingerprint density at radius 1 is 0.964 bits per heavy atom. The molecule has 0 aliphatic rings. The minimum absolute atomic E-state index is 0.253. The number of guanidine groups is 1. The van der Waals surface area contributed by atoms with E-state index in [2.05, 4.69) is 88.3 Å². The zero-order valence-electron chi connectivity index (χ0n) is 17.1. The lowest BCUT2D eigenvalue weighted by Crippen LogP contribution is -2.39. The second-order valence-electron chi connectivity index (χ2n) is 6.95. The molecule has 0 unspecified atom stereocenters. The maximum absolute atomic E-state index is 4.48. The van der Waals surface area contributed by atoms with E-state index in [0.29, 0.717) is 6.54 Å². The number of aromatic nitrogens is 2. The maximum atomic E-state index is 4.48. The molecule has 2 N–H and O–H groups in total. The van der Waals surface area contributed by atoms with E-state index in [9.17, 15) is 0 Å². The van der Waals surface area contributed by atoms with Gasteiger partial charge >= 0.3 is 0 Å². The molecule has 3 aromatic rings. The summed E-state index contributed by atoms with van der Waals surface area (Å²) in [5.74, 6) is 1.04. The number of nitrogens with one attached hydrogen (secondary N) is 2. The van der Waals surface area contributed by atoms with Gasteiger partial charge in [-0.25, -0.2) is 0 Å². The summed E-state index contributed by atoms with van der Waals surface area (Å²) < 4.78 is 1.92. The van der Waals surface area contributed by atoms with Gasteiger partial charge in [-0.15, -0.1) is 0 Å². The molecule has 0 bridgehead atoms. The highest BCUT2D eigenvalue weighted by Crippen LogP contribution is 2.23. The zero-order chi connectivity index (χ0) is 19.9. The Balaban J connectivity index is 1.69. The highest BCUT2D eigenvalue weighted by molar-refractivity contribution is 5.79. The summed E-state index contributed by atoms with van der Waals surface area (Å²) in [4.78, 5) is 4.40. The minimum atomic E-state index is 0.253. The monoisotopic (exact) mass is 375 g/mol. The average Bonchev–Trinajstić information content (AvgIpc) is 2.97. The van der Waals surface area contributed by atoms with Crippen LogP contribution in [0.4, 0.5) is 0 Å². The number of aliphatic imine (C=N–C) groups is 1. The van der Waals surface area contributed by atoms with E-state index in [1.807, 2.05) is 18.7 Å². The van der Waals surface area contributed by atoms with Crippen molar-refractivity contribution < 1.29 is 0 Å². The molecule has 0 amide bonds. The lowest BCUT2D eigenvalue weighted by molar-refractivity contribution is 0.721. The molecule has 0 radical (unpaired) electrons. The molecule has 0 aliphatic carbocycles. The molecule has 2 aromatic carbocycles. The molecule has 0 saturated heterocycles. The number of nitrogens with zero attached hydrogens (tertiary/aromatic N) is 3. The van der Waals surface area contributed by atoms with E-state index >= 15 is 0 Å². The normalized spacial score (nSPS) is 11.7. The van der Waals surface area contributed by atoms with Crippen LogP contribution in [0.15, 0.2) is 65.7 Å². The minimum Gasteiger partial charge on any atom is -0.355 e. The van der Waals surface area contributed by atoms with Crippen molar-refractivity contribution in [1.29, 1.82) is 0 Å². The van der Waals surface area contributed by atoms with Gasteiger partial charge in [0.15, 0.2) is 5.96 Å². The smallest absolute Gasteiger partial charge is 0.191 e. The molecule has 0 aliphatic heterocycles. The van der Waals surface area contributed by atoms with Crippen LogP contribution in [0, 0.1) is 13.8 Å². The molecular formula is C23H29N5. The highest BCUT2D eigenvalue weighted by Gasteiger charge is 2.15. The number of aryl methyl sites for hydroxylation is 2. The fraction of sp³-hybridized carbons (Fsp3) is 0.304. The van der Waals surface area contributed by atoms with Gasteiger partial charge in [0, 0.05) is 44.4 Å². The van der Waals surface area contributed by atoms with Crippen LogP contribution < -0.4 is 10.6 Å². The topological polar surface area (TPSA) is 54.2 Å². The first kappa shape index (κ1) is 19.7. The van der Waals surface area contributed by atoms with Crippen LogP contribution in [0.2, 0.25) is 0 Å². The van der Waals surface area contributed by atoms with Crippen LogP contribution in [0.1, 0.15) is 34.0 Å². The molecule has 0 fully saturated rings. The molecular weight excluding hydrogens is 346 g/mol. The standard InChI is InChI=1S/C23H29N5/c1-17-21(18(2)28(4)27-17)15-25-23(24-3)26-16-22(19-11-7-5-8-12-19)20-13-9-6-10-14-20/h5-14,22H,15-16H2,1-4H3,(H2,24,25,26). The Morgan fingerprint density at radius 3 is 2.00 bits per heavy atom. The third-order valence-electron chi connectivity index (χ3n) is 5.19. The lowest BCUT2D eigenvalue weighted by Gasteiger charge is -2.20. The number of rotatable bonds is 6. The van der Waals surface area contributed by atoms with Gasteiger partial charge in [0.25, 0.3) is 0 Å². The Bertz CT molecular complexity index is 873. The largest absolute Gasteiger partial charge is 0.355 e. The zero-order valence-corrected chi connectivity index (χ0v) is 17.1. The summed E-state index contributed by atoms with van der Waals surface area (Å²) in [6, 6.07) is 21.2. The number of hydrogen-bond acceptors (Lipinski definition) is 2. The molecule has 5 heteroatoms. The van der Waals surface area contributed by atoms with Crippen LogP contribution in [-0.2, 0) is 13.6 Å². The fourth-order valence-electron chi connectivity index (χ4n) is 3.46. The molecule has 3 rings (SSSR count). The van der Waals surface area contributed by atoms with Crippen molar-refractivity contribution in [2.45, 2.75) is 26.3 Å². The fourth-order valence-corrected chi connectivity index (χ4v) is 3.46. The van der Waals surface area contributed by atoms with Gasteiger partial charge in [-0.1, -0.05) is 60.7 Å². The van der Waals surface area contributed by atoms with E-state index in [1.165, 1.54) is 22.4 Å². The van der Waals surface area contributed by atoms with Crippen molar-refractivity contribution >= 4 is 5.96 Å². The second-order valence-corrected chi connectivity index (χ2v) is 6.95. The summed E-state index contributed by atoms with van der Waals surface area (Å²) in [5, 5.41) is 11.4. The van der Waals surface area contributed by atoms with Crippen molar-refractivity contribution in [3.05, 3.63) is 88.7 Å². The third-order valence-corrected chi connectivity index (χ3v) is 5.19. The first-order valence-electron chi connectivity index (χ1n) is 9.63. The highest BCUT2D eigenvalue weighted by atomic mass is 15.3. The van der Waals surface area contributed by atoms with E-state index in [1.54, 1.807) is 7.05 Å². The molecule has 1 heterocycles. The van der Waals surface area contributed by atoms with Gasteiger partial charge in [0.2, 0.25) is 0 Å². The maximum Gasteiger partial charge on any atom is 0.191 e. The quantitative estimate of drug-likeness (QED) is 0.512. The Kier molecular flexibility index (Phi) is 6.48. The molecule has 28 heavy (non-hydrogen) atoms. The second kappa shape index (κ2) is 9.22. The van der Waals surface area contributed by atoms with Crippen LogP contribution >= 0.6 is 0 Å². The summed E-state index contributed by atoms with van der Waals surface area (Å²) in [6.45, 7) is 5.60. The molecule has 146 valence electrons. The lowest BCUT2D eigenvalue weighted by atomic mass is 9.91. The summed E-state index contributed by atoms with van der Waals surface area (Å²) in [7, 11) is 3.78. The molecule has 0 saturated carbocycles. The first-order valence-corrected chi connectivity index (χ1v) is 9.63. The van der Waals surface area contributed by atoms with Gasteiger partial charge in [-0.2, -0.15) is 5.10 Å². The van der Waals surface area contributed by atoms with E-state index < -0.39 is 0 Å². The van der Waals surface area contributed by atoms with Gasteiger partial charge in [-0.3, -0.25) is 9.67 Å². The van der Waals surface area contributed by atoms with Gasteiger partial charge in [-0.05, 0) is 25.0 Å². The Hall–Kier alpha value is -3.08. The average molecular weight is 376 g/mol. The summed E-state index contributed by atoms with van der Waals surface area (Å²) in [6.07, 6.45) is 0. The van der Waals surface area contributed by atoms with E-state index in [-0.39, 0.29) is 5.92 Å². The molecule has 0 spiro atoms. The van der Waals surface area contributed by atoms with Crippen LogP contribution in [0.5, 0.6) is 0 Å². The van der Waals surface area contributed by atoms with Gasteiger partial charge in [0.05, 0.1) is 5.69 Å². The van der Waals surface area contributed by atoms with Crippen molar-refractivity contribution in [3.8, 4) is 0 Å². The summed E-state index contributed by atoms with van der Waals surface area (Å²) >= 11 is 0. The van der Waals surface area contributed by atoms with Crippen molar-refractivity contribution in [2.75, 3.05) is 13.6 Å². The van der Waals surface area contributed by atoms with Crippen molar-refractivity contribution in [1.82, 2.24) is 20.4 Å². The predicted molar refractivity (Wildman–Crippen MR) is 116 cm³/mol. The molecule has 5 nitrogen and oxygen atoms in total. The predicted octanol–water partition coefficient (Wildman–Crippen LogP) is 3.53. The van der Waals surface area contributed by atoms with Crippen LogP contribution in [0.3, 0.4) is 0 Å². The summed E-state index contributed by atoms with van der Waals surface area (Å²) in [5.41, 5.74) is 6.01. The molecule has 1 aromatic heterocycles. The van der Waals surface area contributed by atoms with Crippen LogP contribution in [-0.4, -0.2) is 29.3 Å². The third kappa shape index (κ3) is 4.60. The number of hydrogen-bond donors (Lipinski definition) is 2. The van der Waals surface area contributed by atoms with Crippen molar-refractivity contribution in [2.24, 2.45) is 12.0 Å². The van der Waals surface area contributed by atoms with Crippen molar-refractivity contribution in [3.63, 3.8) is 0 Å². The van der Waals surface area contributed by atoms with E-state index in [0.717, 1.165) is 18.2 Å². The molecule has 0 atom stereocenters. The Labute approximate surface area is 167 Å². The first-order chi connectivity index (χ1) is 13.6. The van der Waals surface area contributed by atoms with Gasteiger partial charge < -0.3 is 10.6 Å². The van der Waals surface area contributed by atoms with Crippen LogP contribution in [0.25, 0.3) is 0 Å². The van der Waals surface area contributed by atoms with Gasteiger partial charge in [0.1, 0.15) is 0 Å². The SMILES string of the molecule is CN=C(NCc1c(C)nn(C)c1C)NCC(c1ccccc1)c1ccccc1.